The van der Waals surface area contributed by atoms with Crippen LogP contribution in [0.25, 0.3) is 11.3 Å². The molecule has 1 atom stereocenters. The summed E-state index contributed by atoms with van der Waals surface area (Å²) >= 11 is 0. The minimum Gasteiger partial charge on any atom is -0.461 e. The van der Waals surface area contributed by atoms with Crippen molar-refractivity contribution < 1.29 is 27.2 Å². The van der Waals surface area contributed by atoms with Gasteiger partial charge in [0.15, 0.2) is 0 Å². The average Bonchev–Trinajstić information content (AvgIpc) is 3.37. The van der Waals surface area contributed by atoms with E-state index in [0.29, 0.717) is 30.8 Å². The second-order valence-corrected chi connectivity index (χ2v) is 9.55. The van der Waals surface area contributed by atoms with E-state index in [-0.39, 0.29) is 23.9 Å². The Morgan fingerprint density at radius 3 is 2.41 bits per heavy atom. The number of amides is 2. The molecule has 1 aromatic heterocycles. The molecular formula is C31H27F3N2O3. The highest BCUT2D eigenvalue weighted by Crippen LogP contribution is 2.33. The molecule has 0 fully saturated rings. The maximum Gasteiger partial charge on any atom is 0.416 e. The van der Waals surface area contributed by atoms with E-state index in [4.69, 9.17) is 4.42 Å². The first-order valence-corrected chi connectivity index (χ1v) is 12.8. The van der Waals surface area contributed by atoms with Crippen LogP contribution in [0.3, 0.4) is 0 Å². The van der Waals surface area contributed by atoms with Crippen molar-refractivity contribution in [1.82, 2.24) is 4.90 Å². The summed E-state index contributed by atoms with van der Waals surface area (Å²) in [5.41, 5.74) is 2.44. The Balaban J connectivity index is 1.26. The van der Waals surface area contributed by atoms with E-state index in [9.17, 15) is 22.8 Å². The molecule has 0 aliphatic carbocycles. The van der Waals surface area contributed by atoms with Crippen LogP contribution in [0.5, 0.6) is 0 Å². The predicted octanol–water partition coefficient (Wildman–Crippen LogP) is 7.30. The van der Waals surface area contributed by atoms with Crippen molar-refractivity contribution in [2.45, 2.75) is 38.4 Å². The summed E-state index contributed by atoms with van der Waals surface area (Å²) < 4.78 is 45.3. The predicted molar refractivity (Wildman–Crippen MR) is 142 cm³/mol. The fourth-order valence-electron chi connectivity index (χ4n) is 4.86. The Bertz CT molecular complexity index is 1480. The summed E-state index contributed by atoms with van der Waals surface area (Å²) in [5.74, 6) is 0.612. The molecule has 0 saturated heterocycles. The molecule has 2 heterocycles. The standard InChI is InChI=1S/C31H27F3N2O3/c1-2-26(20-7-4-3-5-8-20)29(37)35-25-13-11-21(12-14-25)28-18-23-19-36(16-15-27(23)39-28)30(38)22-9-6-10-24(17-22)31(32,33)34/h3-14,17-18,26H,2,15-16,19H2,1H3,(H,35,37). The summed E-state index contributed by atoms with van der Waals surface area (Å²) in [6.45, 7) is 2.58. The van der Waals surface area contributed by atoms with E-state index in [2.05, 4.69) is 5.32 Å². The van der Waals surface area contributed by atoms with Crippen LogP contribution >= 0.6 is 0 Å². The molecule has 3 aromatic carbocycles. The third-order valence-corrected chi connectivity index (χ3v) is 6.95. The highest BCUT2D eigenvalue weighted by molar-refractivity contribution is 5.96. The summed E-state index contributed by atoms with van der Waals surface area (Å²) in [4.78, 5) is 27.3. The molecule has 0 radical (unpaired) electrons. The van der Waals surface area contributed by atoms with Gasteiger partial charge < -0.3 is 14.6 Å². The van der Waals surface area contributed by atoms with E-state index in [0.717, 1.165) is 34.6 Å². The highest BCUT2D eigenvalue weighted by atomic mass is 19.4. The van der Waals surface area contributed by atoms with E-state index in [1.165, 1.54) is 17.0 Å². The van der Waals surface area contributed by atoms with Crippen LogP contribution in [-0.2, 0) is 23.9 Å². The lowest BCUT2D eigenvalue weighted by molar-refractivity contribution is -0.137. The van der Waals surface area contributed by atoms with Crippen LogP contribution < -0.4 is 5.32 Å². The topological polar surface area (TPSA) is 62.6 Å². The fraction of sp³-hybridized carbons (Fsp3) is 0.226. The number of carbonyl (C=O) groups is 2. The summed E-state index contributed by atoms with van der Waals surface area (Å²) in [6.07, 6.45) is -3.37. The first kappa shape index (κ1) is 26.3. The third kappa shape index (κ3) is 5.74. The van der Waals surface area contributed by atoms with Gasteiger partial charge in [-0.3, -0.25) is 9.59 Å². The van der Waals surface area contributed by atoms with Crippen molar-refractivity contribution in [3.63, 3.8) is 0 Å². The summed E-state index contributed by atoms with van der Waals surface area (Å²) in [6, 6.07) is 23.4. The number of anilines is 1. The van der Waals surface area contributed by atoms with Gasteiger partial charge in [-0.1, -0.05) is 43.3 Å². The van der Waals surface area contributed by atoms with E-state index in [1.54, 1.807) is 0 Å². The van der Waals surface area contributed by atoms with Crippen LogP contribution in [0.4, 0.5) is 18.9 Å². The first-order chi connectivity index (χ1) is 18.7. The van der Waals surface area contributed by atoms with Gasteiger partial charge in [-0.25, -0.2) is 0 Å². The number of alkyl halides is 3. The van der Waals surface area contributed by atoms with Gasteiger partial charge in [0.25, 0.3) is 5.91 Å². The lowest BCUT2D eigenvalue weighted by Crippen LogP contribution is -2.35. The number of nitrogens with zero attached hydrogens (tertiary/aromatic N) is 1. The SMILES string of the molecule is CCC(C(=O)Nc1ccc(-c2cc3c(o2)CCN(C(=O)c2cccc(C(F)(F)F)c2)C3)cc1)c1ccccc1. The maximum atomic E-state index is 13.1. The van der Waals surface area contributed by atoms with Gasteiger partial charge >= 0.3 is 6.18 Å². The minimum absolute atomic E-state index is 0.00667. The number of furan rings is 1. The molecule has 0 saturated carbocycles. The van der Waals surface area contributed by atoms with Gasteiger partial charge in [0.1, 0.15) is 11.5 Å². The molecule has 39 heavy (non-hydrogen) atoms. The monoisotopic (exact) mass is 532 g/mol. The van der Waals surface area contributed by atoms with Gasteiger partial charge in [0, 0.05) is 41.9 Å². The van der Waals surface area contributed by atoms with E-state index >= 15 is 0 Å². The van der Waals surface area contributed by atoms with Crippen molar-refractivity contribution in [1.29, 1.82) is 0 Å². The molecule has 8 heteroatoms. The van der Waals surface area contributed by atoms with E-state index < -0.39 is 17.6 Å². The number of hydrogen-bond acceptors (Lipinski definition) is 3. The number of rotatable bonds is 6. The zero-order valence-electron chi connectivity index (χ0n) is 21.3. The number of benzene rings is 3. The van der Waals surface area contributed by atoms with Crippen LogP contribution in [0.1, 0.15) is 52.1 Å². The number of hydrogen-bond donors (Lipinski definition) is 1. The molecule has 1 unspecified atom stereocenters. The van der Waals surface area contributed by atoms with Gasteiger partial charge in [-0.2, -0.15) is 13.2 Å². The van der Waals surface area contributed by atoms with Crippen LogP contribution in [0.2, 0.25) is 0 Å². The van der Waals surface area contributed by atoms with Crippen molar-refractivity contribution in [3.05, 3.63) is 113 Å². The normalized spacial score (nSPS) is 14.0. The van der Waals surface area contributed by atoms with Gasteiger partial charge in [-0.15, -0.1) is 0 Å². The molecule has 0 spiro atoms. The summed E-state index contributed by atoms with van der Waals surface area (Å²) in [5, 5.41) is 2.98. The number of fused-ring (bicyclic) bond motifs is 1. The zero-order valence-corrected chi connectivity index (χ0v) is 21.3. The molecule has 5 nitrogen and oxygen atoms in total. The molecule has 1 aliphatic heterocycles. The largest absolute Gasteiger partial charge is 0.461 e. The third-order valence-electron chi connectivity index (χ3n) is 6.95. The molecule has 2 amide bonds. The Morgan fingerprint density at radius 1 is 0.974 bits per heavy atom. The zero-order chi connectivity index (χ0) is 27.6. The lowest BCUT2D eigenvalue weighted by Gasteiger charge is -2.26. The first-order valence-electron chi connectivity index (χ1n) is 12.8. The lowest BCUT2D eigenvalue weighted by atomic mass is 9.95. The minimum atomic E-state index is -4.51. The molecule has 5 rings (SSSR count). The van der Waals surface area contributed by atoms with Crippen LogP contribution in [-0.4, -0.2) is 23.3 Å². The quantitative estimate of drug-likeness (QED) is 0.284. The number of nitrogens with one attached hydrogen (secondary N) is 1. The van der Waals surface area contributed by atoms with Crippen LogP contribution in [0.15, 0.2) is 89.3 Å². The Hall–Kier alpha value is -4.33. The van der Waals surface area contributed by atoms with Crippen molar-refractivity contribution in [2.75, 3.05) is 11.9 Å². The van der Waals surface area contributed by atoms with Gasteiger partial charge in [-0.05, 0) is 60.5 Å². The molecular weight excluding hydrogens is 505 g/mol. The second-order valence-electron chi connectivity index (χ2n) is 9.55. The maximum absolute atomic E-state index is 13.1. The molecule has 1 aliphatic rings. The second kappa shape index (κ2) is 10.8. The number of carbonyl (C=O) groups excluding carboxylic acids is 2. The Kier molecular flexibility index (Phi) is 7.28. The Morgan fingerprint density at radius 2 is 1.72 bits per heavy atom. The molecule has 0 bridgehead atoms. The van der Waals surface area contributed by atoms with Gasteiger partial charge in [0.05, 0.1) is 11.5 Å². The average molecular weight is 533 g/mol. The van der Waals surface area contributed by atoms with Crippen molar-refractivity contribution in [2.24, 2.45) is 0 Å². The fourth-order valence-corrected chi connectivity index (χ4v) is 4.86. The van der Waals surface area contributed by atoms with Crippen molar-refractivity contribution in [3.8, 4) is 11.3 Å². The van der Waals surface area contributed by atoms with Gasteiger partial charge in [0.2, 0.25) is 5.91 Å². The molecule has 200 valence electrons. The molecule has 4 aromatic rings. The smallest absolute Gasteiger partial charge is 0.416 e. The van der Waals surface area contributed by atoms with E-state index in [1.807, 2.05) is 67.6 Å². The van der Waals surface area contributed by atoms with Crippen molar-refractivity contribution >= 4 is 17.5 Å². The highest BCUT2D eigenvalue weighted by Gasteiger charge is 2.32. The van der Waals surface area contributed by atoms with Crippen LogP contribution in [0, 0.1) is 0 Å². The number of halogens is 3. The Labute approximate surface area is 224 Å². The molecule has 1 N–H and O–H groups in total. The summed E-state index contributed by atoms with van der Waals surface area (Å²) in [7, 11) is 0.